The molecule has 4 nitrogen and oxygen atoms in total. The lowest BCUT2D eigenvalue weighted by molar-refractivity contribution is 0.0437. The minimum atomic E-state index is -1.06. The number of pyridine rings is 1. The molecule has 4 heteroatoms. The summed E-state index contributed by atoms with van der Waals surface area (Å²) in [4.78, 5) is 17.1. The lowest BCUT2D eigenvalue weighted by atomic mass is 9.95. The van der Waals surface area contributed by atoms with Gasteiger partial charge in [0.15, 0.2) is 0 Å². The highest BCUT2D eigenvalue weighted by Gasteiger charge is 2.25. The number of benzene rings is 1. The molecule has 1 aromatic heterocycles. The fraction of sp³-hybridized carbons (Fsp3) is 0.300. The highest BCUT2D eigenvalue weighted by Crippen LogP contribution is 2.21. The minimum Gasteiger partial charge on any atom is -0.387 e. The van der Waals surface area contributed by atoms with Crippen LogP contribution in [0, 0.1) is 13.8 Å². The number of nitrogens with zero attached hydrogens (tertiary/aromatic N) is 1. The van der Waals surface area contributed by atoms with E-state index in [0.717, 1.165) is 22.2 Å². The third kappa shape index (κ3) is 4.09. The number of aromatic nitrogens is 1. The van der Waals surface area contributed by atoms with Gasteiger partial charge in [-0.3, -0.25) is 9.78 Å². The standard InChI is InChI=1S/C20H24N2O2/c1-5-9-20(24,10-6-2)13-21-19(23)17-12-15(4)22-18-11-14(3)7-8-16(17)18/h5-8,11-12,24H,1-2,9-10,13H2,3-4H3,(H,21,23). The smallest absolute Gasteiger partial charge is 0.252 e. The number of aryl methyl sites for hydroxylation is 2. The van der Waals surface area contributed by atoms with Crippen molar-refractivity contribution in [3.8, 4) is 0 Å². The van der Waals surface area contributed by atoms with Crippen LogP contribution in [0.25, 0.3) is 10.9 Å². The van der Waals surface area contributed by atoms with E-state index in [1.165, 1.54) is 0 Å². The first kappa shape index (κ1) is 17.9. The van der Waals surface area contributed by atoms with E-state index in [1.807, 2.05) is 32.0 Å². The van der Waals surface area contributed by atoms with Gasteiger partial charge < -0.3 is 10.4 Å². The second kappa shape index (κ2) is 7.41. The maximum atomic E-state index is 12.6. The van der Waals surface area contributed by atoms with Crippen LogP contribution in [0.4, 0.5) is 0 Å². The average molecular weight is 324 g/mol. The van der Waals surface area contributed by atoms with Gasteiger partial charge in [-0.2, -0.15) is 0 Å². The summed E-state index contributed by atoms with van der Waals surface area (Å²) in [6.07, 6.45) is 4.05. The molecule has 0 atom stereocenters. The van der Waals surface area contributed by atoms with Crippen LogP contribution in [-0.4, -0.2) is 28.1 Å². The summed E-state index contributed by atoms with van der Waals surface area (Å²) in [5.74, 6) is -0.221. The van der Waals surface area contributed by atoms with E-state index in [4.69, 9.17) is 0 Å². The number of amides is 1. The molecule has 2 aromatic rings. The van der Waals surface area contributed by atoms with Gasteiger partial charge in [-0.15, -0.1) is 13.2 Å². The molecule has 0 radical (unpaired) electrons. The number of carbonyl (C=O) groups is 1. The van der Waals surface area contributed by atoms with Crippen molar-refractivity contribution in [2.75, 3.05) is 6.54 Å². The Morgan fingerprint density at radius 2 is 1.92 bits per heavy atom. The largest absolute Gasteiger partial charge is 0.387 e. The highest BCUT2D eigenvalue weighted by molar-refractivity contribution is 6.06. The summed E-state index contributed by atoms with van der Waals surface area (Å²) in [6.45, 7) is 11.3. The molecule has 2 N–H and O–H groups in total. The lowest BCUT2D eigenvalue weighted by Crippen LogP contribution is -2.42. The molecule has 0 aliphatic rings. The van der Waals surface area contributed by atoms with Crippen LogP contribution < -0.4 is 5.32 Å². The van der Waals surface area contributed by atoms with Gasteiger partial charge >= 0.3 is 0 Å². The summed E-state index contributed by atoms with van der Waals surface area (Å²) < 4.78 is 0. The molecular weight excluding hydrogens is 300 g/mol. The van der Waals surface area contributed by atoms with Gasteiger partial charge in [0.25, 0.3) is 5.91 Å². The predicted octanol–water partition coefficient (Wildman–Crippen LogP) is 3.46. The Labute approximate surface area is 142 Å². The molecule has 0 fully saturated rings. The molecule has 126 valence electrons. The van der Waals surface area contributed by atoms with E-state index < -0.39 is 5.60 Å². The van der Waals surface area contributed by atoms with Crippen LogP contribution in [0.2, 0.25) is 0 Å². The fourth-order valence-corrected chi connectivity index (χ4v) is 2.76. The van der Waals surface area contributed by atoms with Crippen molar-refractivity contribution < 1.29 is 9.90 Å². The third-order valence-electron chi connectivity index (χ3n) is 3.96. The van der Waals surface area contributed by atoms with Crippen LogP contribution in [0.1, 0.15) is 34.5 Å². The minimum absolute atomic E-state index is 0.137. The van der Waals surface area contributed by atoms with Crippen LogP contribution in [-0.2, 0) is 0 Å². The van der Waals surface area contributed by atoms with E-state index in [0.29, 0.717) is 18.4 Å². The van der Waals surface area contributed by atoms with Gasteiger partial charge in [-0.25, -0.2) is 0 Å². The Kier molecular flexibility index (Phi) is 5.52. The quantitative estimate of drug-likeness (QED) is 0.767. The van der Waals surface area contributed by atoms with Gasteiger partial charge in [0, 0.05) is 17.6 Å². The van der Waals surface area contributed by atoms with Gasteiger partial charge in [0.05, 0.1) is 16.7 Å². The second-order valence-electron chi connectivity index (χ2n) is 6.22. The number of hydrogen-bond acceptors (Lipinski definition) is 3. The zero-order valence-electron chi connectivity index (χ0n) is 14.3. The number of hydrogen-bond donors (Lipinski definition) is 2. The van der Waals surface area contributed by atoms with E-state index in [2.05, 4.69) is 23.5 Å². The van der Waals surface area contributed by atoms with Crippen LogP contribution >= 0.6 is 0 Å². The molecule has 0 aliphatic carbocycles. The summed E-state index contributed by atoms with van der Waals surface area (Å²) >= 11 is 0. The maximum absolute atomic E-state index is 12.6. The number of rotatable bonds is 7. The van der Waals surface area contributed by atoms with Crippen molar-refractivity contribution >= 4 is 16.8 Å². The van der Waals surface area contributed by atoms with Crippen LogP contribution in [0.3, 0.4) is 0 Å². The van der Waals surface area contributed by atoms with Gasteiger partial charge in [-0.1, -0.05) is 24.3 Å². The van der Waals surface area contributed by atoms with Gasteiger partial charge in [-0.05, 0) is 44.4 Å². The lowest BCUT2D eigenvalue weighted by Gasteiger charge is -2.26. The molecule has 0 bridgehead atoms. The maximum Gasteiger partial charge on any atom is 0.252 e. The van der Waals surface area contributed by atoms with Crippen LogP contribution in [0.5, 0.6) is 0 Å². The monoisotopic (exact) mass is 324 g/mol. The van der Waals surface area contributed by atoms with Crippen molar-refractivity contribution in [2.45, 2.75) is 32.3 Å². The number of carbonyl (C=O) groups excluding carboxylic acids is 1. The van der Waals surface area contributed by atoms with E-state index in [9.17, 15) is 9.90 Å². The molecule has 2 rings (SSSR count). The molecule has 1 heterocycles. The molecule has 0 aliphatic heterocycles. The first-order valence-electron chi connectivity index (χ1n) is 7.99. The molecule has 0 spiro atoms. The van der Waals surface area contributed by atoms with Crippen molar-refractivity contribution in [1.29, 1.82) is 0 Å². The van der Waals surface area contributed by atoms with Crippen LogP contribution in [0.15, 0.2) is 49.6 Å². The molecule has 1 amide bonds. The summed E-state index contributed by atoms with van der Waals surface area (Å²) in [6, 6.07) is 7.60. The molecule has 24 heavy (non-hydrogen) atoms. The normalized spacial score (nSPS) is 11.3. The molecule has 0 saturated heterocycles. The first-order chi connectivity index (χ1) is 11.4. The third-order valence-corrected chi connectivity index (χ3v) is 3.96. The SMILES string of the molecule is C=CCC(O)(CC=C)CNC(=O)c1cc(C)nc2cc(C)ccc12. The predicted molar refractivity (Wildman–Crippen MR) is 98.1 cm³/mol. The number of fused-ring (bicyclic) bond motifs is 1. The Morgan fingerprint density at radius 3 is 2.54 bits per heavy atom. The Bertz CT molecular complexity index is 765. The number of nitrogens with one attached hydrogen (secondary N) is 1. The van der Waals surface area contributed by atoms with Crippen molar-refractivity contribution in [3.05, 3.63) is 66.4 Å². The summed E-state index contributed by atoms with van der Waals surface area (Å²) in [7, 11) is 0. The van der Waals surface area contributed by atoms with Gasteiger partial charge in [0.1, 0.15) is 0 Å². The van der Waals surface area contributed by atoms with E-state index in [1.54, 1.807) is 18.2 Å². The van der Waals surface area contributed by atoms with Crippen molar-refractivity contribution in [1.82, 2.24) is 10.3 Å². The zero-order chi connectivity index (χ0) is 17.7. The molecule has 0 saturated carbocycles. The Hall–Kier alpha value is -2.46. The number of aliphatic hydroxyl groups is 1. The summed E-state index contributed by atoms with van der Waals surface area (Å²) in [5.41, 5.74) is 2.18. The first-order valence-corrected chi connectivity index (χ1v) is 7.99. The van der Waals surface area contributed by atoms with Gasteiger partial charge in [0.2, 0.25) is 0 Å². The molecule has 1 aromatic carbocycles. The topological polar surface area (TPSA) is 62.2 Å². The highest BCUT2D eigenvalue weighted by atomic mass is 16.3. The zero-order valence-corrected chi connectivity index (χ0v) is 14.3. The second-order valence-corrected chi connectivity index (χ2v) is 6.22. The van der Waals surface area contributed by atoms with Crippen molar-refractivity contribution in [2.24, 2.45) is 0 Å². The average Bonchev–Trinajstić information content (AvgIpc) is 2.52. The molecular formula is C20H24N2O2. The van der Waals surface area contributed by atoms with E-state index in [-0.39, 0.29) is 12.5 Å². The fourth-order valence-electron chi connectivity index (χ4n) is 2.76. The van der Waals surface area contributed by atoms with E-state index >= 15 is 0 Å². The molecule has 0 unspecified atom stereocenters. The summed E-state index contributed by atoms with van der Waals surface area (Å²) in [5, 5.41) is 14.2. The Balaban J connectivity index is 2.28. The van der Waals surface area contributed by atoms with Crippen molar-refractivity contribution in [3.63, 3.8) is 0 Å². The Morgan fingerprint density at radius 1 is 1.25 bits per heavy atom.